The third kappa shape index (κ3) is 10.1. The molecule has 3 fully saturated rings. The van der Waals surface area contributed by atoms with E-state index >= 15 is 0 Å². The Hall–Kier alpha value is -6.37. The van der Waals surface area contributed by atoms with Gasteiger partial charge in [0.15, 0.2) is 0 Å². The molecule has 6 N–H and O–H groups in total. The number of alkyl halides is 2. The van der Waals surface area contributed by atoms with Crippen LogP contribution in [-0.2, 0) is 32.6 Å². The number of allylic oxidation sites excluding steroid dienone is 1. The highest BCUT2D eigenvalue weighted by atomic mass is 19.3. The van der Waals surface area contributed by atoms with Gasteiger partial charge < -0.3 is 36.0 Å². The molecule has 3 aromatic rings. The van der Waals surface area contributed by atoms with Crippen molar-refractivity contribution in [3.05, 3.63) is 75.0 Å². The van der Waals surface area contributed by atoms with E-state index in [-0.39, 0.29) is 60.2 Å². The average Bonchev–Trinajstić information content (AvgIpc) is 3.59. The van der Waals surface area contributed by atoms with E-state index < -0.39 is 18.4 Å². The first kappa shape index (κ1) is 48.1. The molecule has 0 spiro atoms. The van der Waals surface area contributed by atoms with Gasteiger partial charge in [-0.05, 0) is 99.3 Å². The van der Waals surface area contributed by atoms with Gasteiger partial charge in [-0.3, -0.25) is 44.0 Å². The zero-order chi connectivity index (χ0) is 48.2. The Kier molecular flexibility index (Phi) is 14.8. The van der Waals surface area contributed by atoms with Crippen molar-refractivity contribution in [2.45, 2.75) is 89.6 Å². The number of anilines is 2. The van der Waals surface area contributed by atoms with E-state index in [4.69, 9.17) is 5.73 Å². The maximum atomic E-state index is 14.6. The lowest BCUT2D eigenvalue weighted by molar-refractivity contribution is -0.136. The highest BCUT2D eigenvalue weighted by molar-refractivity contribution is 6.12. The Morgan fingerprint density at radius 3 is 2.44 bits per heavy atom. The Balaban J connectivity index is 0.835. The minimum Gasteiger partial charge on any atom is -0.404 e. The van der Waals surface area contributed by atoms with Crippen LogP contribution in [-0.4, -0.2) is 132 Å². The number of fused-ring (bicyclic) bond motifs is 2. The SMILES string of the molecule is CN=CC(=CN)c1cc2c(cc1C(F)F)N(C(=N)C1=C(NC3CCN(C(=O)CCN4CCC(CNc5cccc6c5n(C)c(=O)n6C5CCC(=O)NC5=O)CC4)CC3)CCN(C(C)=O)C1)CCC2. The van der Waals surface area contributed by atoms with Crippen LogP contribution in [0.5, 0.6) is 0 Å². The number of aryl methyl sites for hydroxylation is 2. The molecule has 0 saturated carbocycles. The van der Waals surface area contributed by atoms with Crippen LogP contribution < -0.4 is 32.3 Å². The minimum atomic E-state index is -2.77. The number of hydrogen-bond acceptors (Lipinski definition) is 11. The van der Waals surface area contributed by atoms with E-state index in [1.807, 2.05) is 23.1 Å². The molecule has 17 nitrogen and oxygen atoms in total. The van der Waals surface area contributed by atoms with Crippen LogP contribution in [0.25, 0.3) is 16.6 Å². The van der Waals surface area contributed by atoms with Crippen LogP contribution in [0.15, 0.2) is 57.6 Å². The molecule has 5 aliphatic heterocycles. The molecule has 0 aliphatic carbocycles. The fourth-order valence-electron chi connectivity index (χ4n) is 10.6. The molecule has 0 bridgehead atoms. The number of nitrogens with two attached hydrogens (primary N) is 1. The Labute approximate surface area is 394 Å². The number of likely N-dealkylation sites (tertiary alicyclic amines) is 2. The van der Waals surface area contributed by atoms with Crippen LogP contribution in [0.2, 0.25) is 0 Å². The molecule has 1 aromatic heterocycles. The number of halogens is 2. The van der Waals surface area contributed by atoms with E-state index in [2.05, 4.69) is 25.8 Å². The molecule has 4 amide bonds. The van der Waals surface area contributed by atoms with Crippen LogP contribution in [0.3, 0.4) is 0 Å². The molecule has 1 atom stereocenters. The molecular formula is C49H64F2N12O5. The van der Waals surface area contributed by atoms with Gasteiger partial charge in [-0.25, -0.2) is 13.6 Å². The lowest BCUT2D eigenvalue weighted by atomic mass is 9.91. The predicted molar refractivity (Wildman–Crippen MR) is 259 cm³/mol. The van der Waals surface area contributed by atoms with Crippen LogP contribution in [0.4, 0.5) is 20.2 Å². The minimum absolute atomic E-state index is 0.0683. The molecule has 6 heterocycles. The van der Waals surface area contributed by atoms with Crippen molar-refractivity contribution in [2.24, 2.45) is 23.7 Å². The fourth-order valence-corrected chi connectivity index (χ4v) is 10.6. The van der Waals surface area contributed by atoms with Crippen molar-refractivity contribution in [2.75, 3.05) is 76.2 Å². The Morgan fingerprint density at radius 2 is 1.75 bits per heavy atom. The summed E-state index contributed by atoms with van der Waals surface area (Å²) in [6.07, 6.45) is 6.19. The second kappa shape index (κ2) is 20.9. The van der Waals surface area contributed by atoms with E-state index in [1.54, 1.807) is 34.5 Å². The highest BCUT2D eigenvalue weighted by Crippen LogP contribution is 2.38. The van der Waals surface area contributed by atoms with Gasteiger partial charge in [0.1, 0.15) is 11.9 Å². The van der Waals surface area contributed by atoms with Gasteiger partial charge in [0.25, 0.3) is 6.43 Å². The van der Waals surface area contributed by atoms with E-state index in [0.29, 0.717) is 85.8 Å². The van der Waals surface area contributed by atoms with Crippen molar-refractivity contribution in [1.82, 2.24) is 34.5 Å². The molecule has 1 unspecified atom stereocenters. The number of imidazole rings is 1. The van der Waals surface area contributed by atoms with E-state index in [0.717, 1.165) is 74.2 Å². The first-order chi connectivity index (χ1) is 32.8. The lowest BCUT2D eigenvalue weighted by Crippen LogP contribution is -2.49. The number of piperidine rings is 3. The topological polar surface area (TPSA) is 206 Å². The second-order valence-electron chi connectivity index (χ2n) is 18.7. The van der Waals surface area contributed by atoms with Gasteiger partial charge in [-0.2, -0.15) is 0 Å². The smallest absolute Gasteiger partial charge is 0.329 e. The Morgan fingerprint density at radius 1 is 0.985 bits per heavy atom. The number of nitrogens with zero attached hydrogens (tertiary/aromatic N) is 7. The first-order valence-corrected chi connectivity index (χ1v) is 23.9. The number of nitrogens with one attached hydrogen (secondary N) is 4. The number of amidine groups is 1. The molecule has 8 rings (SSSR count). The summed E-state index contributed by atoms with van der Waals surface area (Å²) in [6.45, 7) is 7.13. The normalized spacial score (nSPS) is 20.4. The summed E-state index contributed by atoms with van der Waals surface area (Å²) in [7, 11) is 3.26. The zero-order valence-corrected chi connectivity index (χ0v) is 39.3. The monoisotopic (exact) mass is 939 g/mol. The van der Waals surface area contributed by atoms with E-state index in [9.17, 15) is 38.2 Å². The molecule has 5 aliphatic rings. The number of rotatable bonds is 13. The molecular weight excluding hydrogens is 875 g/mol. The number of amides is 4. The lowest BCUT2D eigenvalue weighted by Gasteiger charge is -2.39. The predicted octanol–water partition coefficient (Wildman–Crippen LogP) is 4.29. The zero-order valence-electron chi connectivity index (χ0n) is 39.3. The van der Waals surface area contributed by atoms with Gasteiger partial charge >= 0.3 is 5.69 Å². The number of aromatic nitrogens is 2. The summed E-state index contributed by atoms with van der Waals surface area (Å²) in [4.78, 5) is 75.7. The first-order valence-electron chi connectivity index (χ1n) is 23.9. The number of para-hydroxylation sites is 1. The third-order valence-electron chi connectivity index (χ3n) is 14.5. The number of benzene rings is 2. The maximum Gasteiger partial charge on any atom is 0.329 e. The van der Waals surface area contributed by atoms with Gasteiger partial charge in [0, 0.05) is 126 Å². The standard InChI is InChI=1S/C49H64F2N12O5/c1-30(64)61-23-15-38(37(29-61)47(53)62-17-5-6-32-24-35(33(26-52)28-54-2)36(46(50)51)25-42(32)62)56-34-13-21-60(22-14-34)44(66)16-20-59-18-11-31(12-19-59)27-55-39-7-4-8-40-45(39)58(3)49(68)63(40)41-9-10-43(65)57-48(41)67/h4,7-8,24-26,28,31,34,41,46,53,55-56H,5-6,9-23,27,29,52H2,1-3H3,(H,57,65,67). The van der Waals surface area contributed by atoms with Crippen molar-refractivity contribution >= 4 is 63.7 Å². The molecule has 2 aromatic carbocycles. The van der Waals surface area contributed by atoms with Crippen molar-refractivity contribution in [3.8, 4) is 0 Å². The second-order valence-corrected chi connectivity index (χ2v) is 18.7. The number of aliphatic imine (C=N–C) groups is 1. The molecule has 3 saturated heterocycles. The van der Waals surface area contributed by atoms with Gasteiger partial charge in [-0.15, -0.1) is 0 Å². The highest BCUT2D eigenvalue weighted by Gasteiger charge is 2.34. The molecule has 0 radical (unpaired) electrons. The Bertz CT molecular complexity index is 2600. The average molecular weight is 939 g/mol. The van der Waals surface area contributed by atoms with Gasteiger partial charge in [0.2, 0.25) is 23.6 Å². The van der Waals surface area contributed by atoms with Crippen molar-refractivity contribution in [3.63, 3.8) is 0 Å². The van der Waals surface area contributed by atoms with Gasteiger partial charge in [-0.1, -0.05) is 6.07 Å². The van der Waals surface area contributed by atoms with Crippen LogP contribution >= 0.6 is 0 Å². The van der Waals surface area contributed by atoms with Crippen LogP contribution in [0, 0.1) is 11.3 Å². The summed E-state index contributed by atoms with van der Waals surface area (Å²) in [5.41, 5.74) is 11.2. The molecule has 68 heavy (non-hydrogen) atoms. The number of carbonyl (C=O) groups excluding carboxylic acids is 4. The number of carbonyl (C=O) groups is 4. The summed E-state index contributed by atoms with van der Waals surface area (Å²) < 4.78 is 32.2. The maximum absolute atomic E-state index is 14.6. The van der Waals surface area contributed by atoms with Crippen molar-refractivity contribution in [1.29, 1.82) is 5.41 Å². The summed E-state index contributed by atoms with van der Waals surface area (Å²) >= 11 is 0. The summed E-state index contributed by atoms with van der Waals surface area (Å²) in [5.74, 6) is -0.143. The van der Waals surface area contributed by atoms with Gasteiger partial charge in [0.05, 0.1) is 23.3 Å². The van der Waals surface area contributed by atoms with Crippen LogP contribution in [0.1, 0.15) is 93.9 Å². The third-order valence-corrected chi connectivity index (χ3v) is 14.5. The number of imide groups is 1. The molecule has 19 heteroatoms. The largest absolute Gasteiger partial charge is 0.404 e. The summed E-state index contributed by atoms with van der Waals surface area (Å²) in [6, 6.07) is 8.20. The quantitative estimate of drug-likeness (QED) is 0.0935. The number of hydrogen-bond donors (Lipinski definition) is 5. The fraction of sp³-hybridized carbons (Fsp3) is 0.531. The molecule has 364 valence electrons. The summed E-state index contributed by atoms with van der Waals surface area (Å²) in [5, 5.41) is 19.2. The van der Waals surface area contributed by atoms with Crippen molar-refractivity contribution < 1.29 is 28.0 Å². The van der Waals surface area contributed by atoms with E-state index in [1.165, 1.54) is 30.0 Å².